The van der Waals surface area contributed by atoms with E-state index in [2.05, 4.69) is 34.6 Å². The van der Waals surface area contributed by atoms with Crippen molar-refractivity contribution in [2.24, 2.45) is 0 Å². The number of rotatable bonds is 13. The first-order chi connectivity index (χ1) is 10.7. The molecule has 0 heterocycles. The average molecular weight is 346 g/mol. The molecular weight excluding hydrogens is 300 g/mol. The van der Waals surface area contributed by atoms with Crippen LogP contribution in [0.3, 0.4) is 0 Å². The highest BCUT2D eigenvalue weighted by Gasteiger charge is 2.04. The van der Waals surface area contributed by atoms with Crippen LogP contribution in [0.5, 0.6) is 0 Å². The van der Waals surface area contributed by atoms with E-state index in [0.717, 1.165) is 4.48 Å². The average Bonchev–Trinajstić information content (AvgIpc) is 2.47. The number of quaternary nitrogens is 1. The van der Waals surface area contributed by atoms with Gasteiger partial charge in [0.25, 0.3) is 0 Å². The summed E-state index contributed by atoms with van der Waals surface area (Å²) >= 11 is 0. The lowest BCUT2D eigenvalue weighted by Crippen LogP contribution is -2.35. The molecule has 0 aliphatic rings. The molecule has 146 valence electrons. The highest BCUT2D eigenvalue weighted by molar-refractivity contribution is 5.85. The van der Waals surface area contributed by atoms with Crippen LogP contribution in [-0.4, -0.2) is 43.2 Å². The molecule has 0 radical (unpaired) electrons. The van der Waals surface area contributed by atoms with Gasteiger partial charge in [-0.25, -0.2) is 4.79 Å². The van der Waals surface area contributed by atoms with Gasteiger partial charge in [0.2, 0.25) is 0 Å². The minimum Gasteiger partial charge on any atom is -0.478 e. The highest BCUT2D eigenvalue weighted by Crippen LogP contribution is 2.10. The maximum Gasteiger partial charge on any atom is 0.330 e. The van der Waals surface area contributed by atoms with Crippen LogP contribution >= 0.6 is 0 Å². The molecule has 4 heteroatoms. The molecule has 0 spiro atoms. The summed E-state index contributed by atoms with van der Waals surface area (Å²) in [5, 5.41) is 8.08. The van der Waals surface area contributed by atoms with Gasteiger partial charge in [0.05, 0.1) is 27.7 Å². The van der Waals surface area contributed by atoms with Crippen LogP contribution in [0, 0.1) is 0 Å². The molecule has 0 aliphatic heterocycles. The summed E-state index contributed by atoms with van der Waals surface area (Å²) in [6, 6.07) is 0. The largest absolute Gasteiger partial charge is 0.478 e. The van der Waals surface area contributed by atoms with Crippen LogP contribution in [0.15, 0.2) is 12.2 Å². The Morgan fingerprint density at radius 2 is 1.21 bits per heavy atom. The zero-order valence-corrected chi connectivity index (χ0v) is 17.2. The summed E-state index contributed by atoms with van der Waals surface area (Å²) in [6.45, 7) is 8.65. The van der Waals surface area contributed by atoms with Crippen LogP contribution in [0.4, 0.5) is 0 Å². The first kappa shape index (κ1) is 28.0. The van der Waals surface area contributed by atoms with Gasteiger partial charge in [0.15, 0.2) is 0 Å². The van der Waals surface area contributed by atoms with E-state index in [-0.39, 0.29) is 11.7 Å². The van der Waals surface area contributed by atoms with Crippen LogP contribution < -0.4 is 6.15 Å². The van der Waals surface area contributed by atoms with Gasteiger partial charge in [-0.05, 0) is 19.3 Å². The van der Waals surface area contributed by atoms with E-state index in [4.69, 9.17) is 5.11 Å². The molecule has 4 nitrogen and oxygen atoms in total. The number of hydrogen-bond donors (Lipinski definition) is 2. The zero-order valence-electron chi connectivity index (χ0n) is 17.2. The molecule has 0 aromatic heterocycles. The predicted octanol–water partition coefficient (Wildman–Crippen LogP) is 5.81. The Bertz CT molecular complexity index is 297. The van der Waals surface area contributed by atoms with E-state index < -0.39 is 5.97 Å². The van der Waals surface area contributed by atoms with Crippen molar-refractivity contribution in [1.82, 2.24) is 6.15 Å². The lowest BCUT2D eigenvalue weighted by Gasteiger charge is -2.23. The normalized spacial score (nSPS) is 10.4. The Hall–Kier alpha value is -0.870. The molecule has 0 saturated carbocycles. The maximum absolute atomic E-state index is 9.83. The summed E-state index contributed by atoms with van der Waals surface area (Å²) in [5.41, 5.74) is 0.264. The van der Waals surface area contributed by atoms with E-state index in [0.29, 0.717) is 6.42 Å². The fourth-order valence-electron chi connectivity index (χ4n) is 2.22. The standard InChI is InChI=1S/C15H34N.C5H8O2.H3N/c1-5-6-7-8-9-10-11-12-13-14-15-16(2,3)4;1-3-4(2)5(6)7;/h5-15H2,1-4H3;2-3H2,1H3,(H,6,7);1H3/q+1;;. The van der Waals surface area contributed by atoms with Crippen molar-refractivity contribution in [3.63, 3.8) is 0 Å². The second-order valence-corrected chi connectivity index (χ2v) is 7.46. The minimum absolute atomic E-state index is 0. The third kappa shape index (κ3) is 26.0. The number of carboxylic acid groups (broad SMARTS) is 1. The summed E-state index contributed by atoms with van der Waals surface area (Å²) in [6.07, 6.45) is 14.9. The summed E-state index contributed by atoms with van der Waals surface area (Å²) in [4.78, 5) is 9.83. The fraction of sp³-hybridized carbons (Fsp3) is 0.850. The Morgan fingerprint density at radius 1 is 0.833 bits per heavy atom. The first-order valence-electron chi connectivity index (χ1n) is 9.46. The zero-order chi connectivity index (χ0) is 18.1. The Balaban J connectivity index is -0.000000468. The lowest BCUT2D eigenvalue weighted by molar-refractivity contribution is -0.870. The Labute approximate surface area is 151 Å². The monoisotopic (exact) mass is 345 g/mol. The molecule has 0 bridgehead atoms. The number of hydrogen-bond acceptors (Lipinski definition) is 2. The summed E-state index contributed by atoms with van der Waals surface area (Å²) in [5.74, 6) is -0.900. The Kier molecular flexibility index (Phi) is 21.5. The van der Waals surface area contributed by atoms with E-state index in [1.807, 2.05) is 0 Å². The lowest BCUT2D eigenvalue weighted by atomic mass is 10.1. The molecule has 0 rings (SSSR count). The van der Waals surface area contributed by atoms with Gasteiger partial charge in [-0.1, -0.05) is 71.8 Å². The summed E-state index contributed by atoms with van der Waals surface area (Å²) in [7, 11) is 6.86. The van der Waals surface area contributed by atoms with Crippen molar-refractivity contribution in [2.45, 2.75) is 84.5 Å². The van der Waals surface area contributed by atoms with Crippen molar-refractivity contribution in [2.75, 3.05) is 27.7 Å². The summed E-state index contributed by atoms with van der Waals surface area (Å²) < 4.78 is 1.12. The molecular formula is C20H45N2O2+. The van der Waals surface area contributed by atoms with Crippen molar-refractivity contribution in [1.29, 1.82) is 0 Å². The molecule has 0 saturated heterocycles. The topological polar surface area (TPSA) is 72.3 Å². The highest BCUT2D eigenvalue weighted by atomic mass is 16.4. The van der Waals surface area contributed by atoms with Crippen molar-refractivity contribution in [3.05, 3.63) is 12.2 Å². The quantitative estimate of drug-likeness (QED) is 0.251. The van der Waals surface area contributed by atoms with Gasteiger partial charge in [-0.3, -0.25) is 0 Å². The first-order valence-corrected chi connectivity index (χ1v) is 9.46. The second kappa shape index (κ2) is 18.5. The molecule has 0 aliphatic carbocycles. The smallest absolute Gasteiger partial charge is 0.330 e. The number of nitrogens with zero attached hydrogens (tertiary/aromatic N) is 1. The van der Waals surface area contributed by atoms with Crippen LogP contribution in [-0.2, 0) is 4.79 Å². The molecule has 4 N–H and O–H groups in total. The van der Waals surface area contributed by atoms with Crippen LogP contribution in [0.2, 0.25) is 0 Å². The molecule has 0 amide bonds. The maximum atomic E-state index is 9.83. The van der Waals surface area contributed by atoms with Crippen molar-refractivity contribution >= 4 is 5.97 Å². The second-order valence-electron chi connectivity index (χ2n) is 7.46. The van der Waals surface area contributed by atoms with Gasteiger partial charge in [-0.2, -0.15) is 0 Å². The van der Waals surface area contributed by atoms with Gasteiger partial charge < -0.3 is 15.7 Å². The molecule has 0 aromatic carbocycles. The van der Waals surface area contributed by atoms with E-state index in [1.54, 1.807) is 6.92 Å². The third-order valence-corrected chi connectivity index (χ3v) is 3.91. The number of unbranched alkanes of at least 4 members (excludes halogenated alkanes) is 9. The molecule has 0 atom stereocenters. The van der Waals surface area contributed by atoms with Crippen LogP contribution in [0.25, 0.3) is 0 Å². The number of aliphatic carboxylic acids is 1. The van der Waals surface area contributed by atoms with Gasteiger partial charge in [-0.15, -0.1) is 0 Å². The molecule has 0 fully saturated rings. The fourth-order valence-corrected chi connectivity index (χ4v) is 2.22. The van der Waals surface area contributed by atoms with Gasteiger partial charge in [0.1, 0.15) is 0 Å². The SMILES string of the molecule is C=C(CC)C(=O)O.CCCCCCCCCCCC[N+](C)(C)C.N. The predicted molar refractivity (Wildman–Crippen MR) is 107 cm³/mol. The van der Waals surface area contributed by atoms with Crippen molar-refractivity contribution in [3.8, 4) is 0 Å². The molecule has 24 heavy (non-hydrogen) atoms. The van der Waals surface area contributed by atoms with E-state index in [9.17, 15) is 4.79 Å². The van der Waals surface area contributed by atoms with Gasteiger partial charge >= 0.3 is 5.97 Å². The third-order valence-electron chi connectivity index (χ3n) is 3.91. The van der Waals surface area contributed by atoms with Gasteiger partial charge in [0, 0.05) is 5.57 Å². The molecule has 0 unspecified atom stereocenters. The number of carbonyl (C=O) groups is 1. The van der Waals surface area contributed by atoms with E-state index >= 15 is 0 Å². The van der Waals surface area contributed by atoms with Crippen LogP contribution in [0.1, 0.15) is 84.5 Å². The molecule has 0 aromatic rings. The van der Waals surface area contributed by atoms with E-state index in [1.165, 1.54) is 70.8 Å². The minimum atomic E-state index is -0.900. The Morgan fingerprint density at radius 3 is 1.46 bits per heavy atom. The van der Waals surface area contributed by atoms with Crippen molar-refractivity contribution < 1.29 is 14.4 Å². The number of carboxylic acids is 1.